The van der Waals surface area contributed by atoms with Crippen LogP contribution in [0.25, 0.3) is 10.9 Å². The number of para-hydroxylation sites is 1. The van der Waals surface area contributed by atoms with Crippen LogP contribution in [0.4, 0.5) is 5.69 Å². The molecule has 8 nitrogen and oxygen atoms in total. The van der Waals surface area contributed by atoms with Crippen molar-refractivity contribution in [2.45, 2.75) is 25.3 Å². The number of carbonyl (C=O) groups excluding carboxylic acids is 1. The number of amides is 1. The topological polar surface area (TPSA) is 89.9 Å². The number of aromatic nitrogens is 1. The number of aryl methyl sites for hydroxylation is 1. The third kappa shape index (κ3) is 4.50. The molecule has 4 rings (SSSR count). The molecular weight excluding hydrogens is 430 g/mol. The summed E-state index contributed by atoms with van der Waals surface area (Å²) >= 11 is 0. The van der Waals surface area contributed by atoms with E-state index in [9.17, 15) is 13.2 Å². The van der Waals surface area contributed by atoms with Crippen LogP contribution in [0.5, 0.6) is 5.75 Å². The van der Waals surface area contributed by atoms with Gasteiger partial charge in [-0.1, -0.05) is 18.2 Å². The van der Waals surface area contributed by atoms with Gasteiger partial charge in [0.25, 0.3) is 0 Å². The molecule has 3 aromatic rings. The minimum Gasteiger partial charge on any atom is -0.492 e. The van der Waals surface area contributed by atoms with E-state index in [-0.39, 0.29) is 17.3 Å². The van der Waals surface area contributed by atoms with E-state index in [0.717, 1.165) is 16.6 Å². The fraction of sp³-hybridized carbons (Fsp3) is 0.348. The Bertz CT molecular complexity index is 1230. The summed E-state index contributed by atoms with van der Waals surface area (Å²) in [5, 5.41) is 3.91. The lowest BCUT2D eigenvalue weighted by molar-refractivity contribution is -0.116. The summed E-state index contributed by atoms with van der Waals surface area (Å²) in [5.74, 6) is 0.159. The Labute approximate surface area is 187 Å². The normalized spacial score (nSPS) is 15.1. The average Bonchev–Trinajstić information content (AvgIpc) is 3.10. The SMILES string of the molecule is CCOc1ccc(S(=O)(=O)N2CCOCC2)cc1NC(=O)Cn1c(C)cc2ccccc21. The van der Waals surface area contributed by atoms with Gasteiger partial charge in [0.05, 0.1) is 30.4 Å². The summed E-state index contributed by atoms with van der Waals surface area (Å²) in [6, 6.07) is 14.5. The standard InChI is InChI=1S/C23H27N3O5S/c1-3-31-22-9-8-19(32(28,29)25-10-12-30-13-11-25)15-20(22)24-23(27)16-26-17(2)14-18-6-4-5-7-21(18)26/h4-9,14-15H,3,10-13,16H2,1-2H3,(H,24,27). The van der Waals surface area contributed by atoms with Crippen molar-refractivity contribution in [2.24, 2.45) is 0 Å². The van der Waals surface area contributed by atoms with Gasteiger partial charge >= 0.3 is 0 Å². The van der Waals surface area contributed by atoms with Crippen LogP contribution in [0, 0.1) is 6.92 Å². The molecule has 32 heavy (non-hydrogen) atoms. The first-order chi connectivity index (χ1) is 15.4. The lowest BCUT2D eigenvalue weighted by atomic mass is 10.2. The Morgan fingerprint density at radius 2 is 1.88 bits per heavy atom. The van der Waals surface area contributed by atoms with Gasteiger partial charge in [0, 0.05) is 24.3 Å². The van der Waals surface area contributed by atoms with Gasteiger partial charge in [0.2, 0.25) is 15.9 Å². The van der Waals surface area contributed by atoms with Crippen LogP contribution in [0.3, 0.4) is 0 Å². The number of nitrogens with zero attached hydrogens (tertiary/aromatic N) is 2. The third-order valence-electron chi connectivity index (χ3n) is 5.45. The van der Waals surface area contributed by atoms with Gasteiger partial charge in [-0.25, -0.2) is 8.42 Å². The van der Waals surface area contributed by atoms with Crippen molar-refractivity contribution in [2.75, 3.05) is 38.2 Å². The lowest BCUT2D eigenvalue weighted by Crippen LogP contribution is -2.40. The second-order valence-electron chi connectivity index (χ2n) is 7.59. The Kier molecular flexibility index (Phi) is 6.50. The molecule has 1 saturated heterocycles. The van der Waals surface area contributed by atoms with Crippen LogP contribution >= 0.6 is 0 Å². The molecule has 1 fully saturated rings. The highest BCUT2D eigenvalue weighted by molar-refractivity contribution is 7.89. The first kappa shape index (κ1) is 22.3. The first-order valence-corrected chi connectivity index (χ1v) is 12.0. The molecule has 170 valence electrons. The zero-order valence-corrected chi connectivity index (χ0v) is 19.0. The van der Waals surface area contributed by atoms with E-state index in [4.69, 9.17) is 9.47 Å². The van der Waals surface area contributed by atoms with Crippen LogP contribution in [0.15, 0.2) is 53.4 Å². The quantitative estimate of drug-likeness (QED) is 0.589. The van der Waals surface area contributed by atoms with Crippen molar-refractivity contribution >= 4 is 32.5 Å². The molecule has 0 atom stereocenters. The van der Waals surface area contributed by atoms with Crippen molar-refractivity contribution in [3.05, 3.63) is 54.2 Å². The molecule has 1 aliphatic heterocycles. The highest BCUT2D eigenvalue weighted by Crippen LogP contribution is 2.30. The minimum absolute atomic E-state index is 0.103. The molecular formula is C23H27N3O5S. The highest BCUT2D eigenvalue weighted by Gasteiger charge is 2.27. The number of benzene rings is 2. The largest absolute Gasteiger partial charge is 0.492 e. The third-order valence-corrected chi connectivity index (χ3v) is 7.35. The van der Waals surface area contributed by atoms with E-state index < -0.39 is 10.0 Å². The number of ether oxygens (including phenoxy) is 2. The highest BCUT2D eigenvalue weighted by atomic mass is 32.2. The maximum absolute atomic E-state index is 13.1. The molecule has 1 amide bonds. The van der Waals surface area contributed by atoms with E-state index in [0.29, 0.717) is 44.3 Å². The Hall–Kier alpha value is -2.88. The Morgan fingerprint density at radius 1 is 1.12 bits per heavy atom. The number of hydrogen-bond acceptors (Lipinski definition) is 5. The van der Waals surface area contributed by atoms with Crippen LogP contribution in [0.2, 0.25) is 0 Å². The summed E-state index contributed by atoms with van der Waals surface area (Å²) in [5.41, 5.74) is 2.27. The number of anilines is 1. The number of fused-ring (bicyclic) bond motifs is 1. The monoisotopic (exact) mass is 457 g/mol. The van der Waals surface area contributed by atoms with Crippen molar-refractivity contribution < 1.29 is 22.7 Å². The molecule has 0 radical (unpaired) electrons. The number of morpholine rings is 1. The zero-order chi connectivity index (χ0) is 22.7. The number of carbonyl (C=O) groups is 1. The number of hydrogen-bond donors (Lipinski definition) is 1. The maximum Gasteiger partial charge on any atom is 0.244 e. The zero-order valence-electron chi connectivity index (χ0n) is 18.2. The minimum atomic E-state index is -3.70. The molecule has 0 bridgehead atoms. The van der Waals surface area contributed by atoms with Crippen molar-refractivity contribution in [3.63, 3.8) is 0 Å². The van der Waals surface area contributed by atoms with Gasteiger partial charge < -0.3 is 19.4 Å². The van der Waals surface area contributed by atoms with Gasteiger partial charge in [-0.3, -0.25) is 4.79 Å². The number of rotatable bonds is 7. The van der Waals surface area contributed by atoms with Gasteiger partial charge in [-0.15, -0.1) is 0 Å². The summed E-state index contributed by atoms with van der Waals surface area (Å²) < 4.78 is 40.3. The Balaban J connectivity index is 1.60. The lowest BCUT2D eigenvalue weighted by Gasteiger charge is -2.26. The van der Waals surface area contributed by atoms with Crippen molar-refractivity contribution in [3.8, 4) is 5.75 Å². The summed E-state index contributed by atoms with van der Waals surface area (Å²) in [7, 11) is -3.70. The maximum atomic E-state index is 13.1. The van der Waals surface area contributed by atoms with Gasteiger partial charge in [0.15, 0.2) is 0 Å². The average molecular weight is 458 g/mol. The van der Waals surface area contributed by atoms with E-state index in [1.165, 1.54) is 16.4 Å². The van der Waals surface area contributed by atoms with Gasteiger partial charge in [-0.2, -0.15) is 4.31 Å². The molecule has 1 N–H and O–H groups in total. The smallest absolute Gasteiger partial charge is 0.244 e. The van der Waals surface area contributed by atoms with Crippen molar-refractivity contribution in [1.82, 2.24) is 8.87 Å². The molecule has 9 heteroatoms. The first-order valence-electron chi connectivity index (χ1n) is 10.6. The van der Waals surface area contributed by atoms with E-state index in [1.807, 2.05) is 48.7 Å². The van der Waals surface area contributed by atoms with Crippen LogP contribution in [-0.4, -0.2) is 56.1 Å². The molecule has 0 aliphatic carbocycles. The van der Waals surface area contributed by atoms with E-state index >= 15 is 0 Å². The van der Waals surface area contributed by atoms with Crippen molar-refractivity contribution in [1.29, 1.82) is 0 Å². The summed E-state index contributed by atoms with van der Waals surface area (Å²) in [4.78, 5) is 13.0. The molecule has 0 spiro atoms. The van der Waals surface area contributed by atoms with Gasteiger partial charge in [-0.05, 0) is 49.6 Å². The fourth-order valence-electron chi connectivity index (χ4n) is 3.88. The second-order valence-corrected chi connectivity index (χ2v) is 9.52. The second kappa shape index (κ2) is 9.32. The van der Waals surface area contributed by atoms with Gasteiger partial charge in [0.1, 0.15) is 12.3 Å². The summed E-state index contributed by atoms with van der Waals surface area (Å²) in [6.45, 7) is 5.61. The summed E-state index contributed by atoms with van der Waals surface area (Å²) in [6.07, 6.45) is 0. The fourth-order valence-corrected chi connectivity index (χ4v) is 5.31. The molecule has 0 saturated carbocycles. The molecule has 1 aliphatic rings. The Morgan fingerprint density at radius 3 is 2.62 bits per heavy atom. The predicted octanol–water partition coefficient (Wildman–Crippen LogP) is 3.01. The van der Waals surface area contributed by atoms with E-state index in [1.54, 1.807) is 6.07 Å². The van der Waals surface area contributed by atoms with Crippen LogP contribution < -0.4 is 10.1 Å². The van der Waals surface area contributed by atoms with Crippen LogP contribution in [-0.2, 0) is 26.1 Å². The predicted molar refractivity (Wildman–Crippen MR) is 122 cm³/mol. The molecule has 2 heterocycles. The number of sulfonamides is 1. The molecule has 0 unspecified atom stereocenters. The molecule has 2 aromatic carbocycles. The van der Waals surface area contributed by atoms with Crippen LogP contribution in [0.1, 0.15) is 12.6 Å². The number of nitrogens with one attached hydrogen (secondary N) is 1. The molecule has 1 aromatic heterocycles. The van der Waals surface area contributed by atoms with E-state index in [2.05, 4.69) is 5.32 Å².